The van der Waals surface area contributed by atoms with Crippen LogP contribution in [0.2, 0.25) is 0 Å². The lowest BCUT2D eigenvalue weighted by Gasteiger charge is -2.08. The van der Waals surface area contributed by atoms with Gasteiger partial charge in [0.2, 0.25) is 0 Å². The van der Waals surface area contributed by atoms with Gasteiger partial charge in [0, 0.05) is 0 Å². The first-order chi connectivity index (χ1) is 10.5. The molecule has 0 aliphatic heterocycles. The summed E-state index contributed by atoms with van der Waals surface area (Å²) in [5.74, 6) is -2.68. The van der Waals surface area contributed by atoms with Crippen LogP contribution < -0.4 is 10.5 Å². The molecule has 0 radical (unpaired) electrons. The lowest BCUT2D eigenvalue weighted by molar-refractivity contribution is -0.200. The molecule has 0 bridgehead atoms. The molecule has 0 amide bonds. The summed E-state index contributed by atoms with van der Waals surface area (Å²) in [6.07, 6.45) is -9.62. The summed E-state index contributed by atoms with van der Waals surface area (Å²) in [5, 5.41) is 3.30. The highest BCUT2D eigenvalue weighted by molar-refractivity contribution is 5.75. The number of rotatable bonds is 2. The van der Waals surface area contributed by atoms with Crippen molar-refractivity contribution in [1.29, 1.82) is 0 Å². The Kier molecular flexibility index (Phi) is 3.92. The van der Waals surface area contributed by atoms with Crippen molar-refractivity contribution in [3.63, 3.8) is 0 Å². The molecule has 1 aromatic carbocycles. The SMILES string of the molecule is O=C(On1cnn(-c2cccc(C(F)(F)F)c2)c1=O)C(F)(F)F. The van der Waals surface area contributed by atoms with Gasteiger partial charge < -0.3 is 4.84 Å². The van der Waals surface area contributed by atoms with Crippen LogP contribution in [0, 0.1) is 0 Å². The largest absolute Gasteiger partial charge is 0.493 e. The van der Waals surface area contributed by atoms with E-state index in [4.69, 9.17) is 0 Å². The third-order valence-electron chi connectivity index (χ3n) is 2.47. The van der Waals surface area contributed by atoms with E-state index in [0.29, 0.717) is 17.1 Å². The molecule has 1 aromatic heterocycles. The Hall–Kier alpha value is -2.79. The number of hydrogen-bond donors (Lipinski definition) is 0. The van der Waals surface area contributed by atoms with Crippen molar-refractivity contribution in [1.82, 2.24) is 14.5 Å². The molecule has 0 saturated heterocycles. The van der Waals surface area contributed by atoms with E-state index in [1.807, 2.05) is 0 Å². The predicted octanol–water partition coefficient (Wildman–Crippen LogP) is 1.57. The first kappa shape index (κ1) is 16.6. The van der Waals surface area contributed by atoms with Gasteiger partial charge >= 0.3 is 24.0 Å². The van der Waals surface area contributed by atoms with Gasteiger partial charge in [-0.05, 0) is 18.2 Å². The normalized spacial score (nSPS) is 12.3. The number of benzene rings is 1. The summed E-state index contributed by atoms with van der Waals surface area (Å²) in [6, 6.07) is 3.34. The molecule has 0 aliphatic rings. The molecule has 6 nitrogen and oxygen atoms in total. The Labute approximate surface area is 122 Å². The molecular formula is C11H5F6N3O3. The van der Waals surface area contributed by atoms with Crippen molar-refractivity contribution in [3.8, 4) is 5.69 Å². The highest BCUT2D eigenvalue weighted by Crippen LogP contribution is 2.29. The molecular weight excluding hydrogens is 336 g/mol. The molecule has 2 aromatic rings. The van der Waals surface area contributed by atoms with E-state index < -0.39 is 29.6 Å². The summed E-state index contributed by atoms with van der Waals surface area (Å²) in [4.78, 5) is 26.1. The summed E-state index contributed by atoms with van der Waals surface area (Å²) in [6.45, 7) is 0. The van der Waals surface area contributed by atoms with Gasteiger partial charge in [0.05, 0.1) is 11.3 Å². The number of nitrogens with zero attached hydrogens (tertiary/aromatic N) is 3. The molecule has 0 aliphatic carbocycles. The topological polar surface area (TPSA) is 66.1 Å². The van der Waals surface area contributed by atoms with E-state index in [2.05, 4.69) is 9.94 Å². The fourth-order valence-electron chi connectivity index (χ4n) is 1.49. The summed E-state index contributed by atoms with van der Waals surface area (Å²) in [7, 11) is 0. The van der Waals surface area contributed by atoms with Gasteiger partial charge in [0.25, 0.3) is 0 Å². The number of alkyl halides is 6. The van der Waals surface area contributed by atoms with Crippen molar-refractivity contribution in [2.45, 2.75) is 12.4 Å². The van der Waals surface area contributed by atoms with Crippen LogP contribution in [0.15, 0.2) is 35.4 Å². The Balaban J connectivity index is 2.37. The molecule has 0 atom stereocenters. The van der Waals surface area contributed by atoms with Gasteiger partial charge in [-0.25, -0.2) is 9.59 Å². The Bertz CT molecular complexity index is 789. The zero-order valence-electron chi connectivity index (χ0n) is 10.7. The fourth-order valence-corrected chi connectivity index (χ4v) is 1.49. The van der Waals surface area contributed by atoms with Crippen LogP contribution in [-0.4, -0.2) is 26.7 Å². The first-order valence-corrected chi connectivity index (χ1v) is 5.64. The zero-order chi connectivity index (χ0) is 17.4. The lowest BCUT2D eigenvalue weighted by Crippen LogP contribution is -2.38. The Morgan fingerprint density at radius 3 is 2.35 bits per heavy atom. The van der Waals surface area contributed by atoms with Gasteiger partial charge in [0.15, 0.2) is 6.33 Å². The third-order valence-corrected chi connectivity index (χ3v) is 2.47. The fraction of sp³-hybridized carbons (Fsp3) is 0.182. The maximum absolute atomic E-state index is 12.6. The second-order valence-corrected chi connectivity index (χ2v) is 4.08. The Morgan fingerprint density at radius 1 is 1.13 bits per heavy atom. The average molecular weight is 341 g/mol. The van der Waals surface area contributed by atoms with E-state index in [9.17, 15) is 35.9 Å². The van der Waals surface area contributed by atoms with Crippen LogP contribution in [-0.2, 0) is 11.0 Å². The molecule has 0 saturated carbocycles. The lowest BCUT2D eigenvalue weighted by atomic mass is 10.2. The van der Waals surface area contributed by atoms with Crippen LogP contribution in [0.4, 0.5) is 26.3 Å². The third kappa shape index (κ3) is 3.52. The van der Waals surface area contributed by atoms with E-state index in [1.54, 1.807) is 0 Å². The molecule has 0 spiro atoms. The van der Waals surface area contributed by atoms with Crippen molar-refractivity contribution in [2.75, 3.05) is 0 Å². The van der Waals surface area contributed by atoms with Gasteiger partial charge in [-0.3, -0.25) is 0 Å². The maximum Gasteiger partial charge on any atom is 0.493 e. The van der Waals surface area contributed by atoms with Crippen LogP contribution >= 0.6 is 0 Å². The quantitative estimate of drug-likeness (QED) is 0.778. The number of halogens is 6. The monoisotopic (exact) mass is 341 g/mol. The molecule has 2 rings (SSSR count). The summed E-state index contributed by atoms with van der Waals surface area (Å²) in [5.41, 5.74) is -2.85. The highest BCUT2D eigenvalue weighted by atomic mass is 19.4. The van der Waals surface area contributed by atoms with E-state index in [0.717, 1.165) is 18.2 Å². The van der Waals surface area contributed by atoms with Crippen LogP contribution in [0.25, 0.3) is 5.69 Å². The van der Waals surface area contributed by atoms with Gasteiger partial charge in [0.1, 0.15) is 0 Å². The molecule has 0 unspecified atom stereocenters. The smallest absolute Gasteiger partial charge is 0.322 e. The van der Waals surface area contributed by atoms with Crippen molar-refractivity contribution < 1.29 is 36.0 Å². The number of hydrogen-bond acceptors (Lipinski definition) is 4. The first-order valence-electron chi connectivity index (χ1n) is 5.64. The summed E-state index contributed by atoms with van der Waals surface area (Å²) >= 11 is 0. The minimum atomic E-state index is -5.35. The van der Waals surface area contributed by atoms with E-state index >= 15 is 0 Å². The van der Waals surface area contributed by atoms with Crippen molar-refractivity contribution in [3.05, 3.63) is 46.6 Å². The van der Waals surface area contributed by atoms with Crippen LogP contribution in [0.1, 0.15) is 5.56 Å². The number of carbonyl (C=O) groups is 1. The second-order valence-electron chi connectivity index (χ2n) is 4.08. The van der Waals surface area contributed by atoms with Gasteiger partial charge in [-0.2, -0.15) is 31.0 Å². The van der Waals surface area contributed by atoms with E-state index in [1.165, 1.54) is 0 Å². The van der Waals surface area contributed by atoms with Crippen LogP contribution in [0.5, 0.6) is 0 Å². The minimum absolute atomic E-state index is 0.143. The maximum atomic E-state index is 12.6. The highest BCUT2D eigenvalue weighted by Gasteiger charge is 2.42. The molecule has 23 heavy (non-hydrogen) atoms. The van der Waals surface area contributed by atoms with Crippen LogP contribution in [0.3, 0.4) is 0 Å². The molecule has 12 heteroatoms. The summed E-state index contributed by atoms with van der Waals surface area (Å²) < 4.78 is 74.1. The molecule has 1 heterocycles. The predicted molar refractivity (Wildman–Crippen MR) is 60.5 cm³/mol. The Morgan fingerprint density at radius 2 is 1.78 bits per heavy atom. The molecule has 124 valence electrons. The van der Waals surface area contributed by atoms with Gasteiger partial charge in [-0.1, -0.05) is 6.07 Å². The van der Waals surface area contributed by atoms with Crippen molar-refractivity contribution >= 4 is 5.97 Å². The standard InChI is InChI=1S/C11H5F6N3O3/c12-10(13,14)6-2-1-3-7(4-6)20-9(22)19(5-18-20)23-8(21)11(15,16)17/h1-5H. The minimum Gasteiger partial charge on any atom is -0.322 e. The number of carbonyl (C=O) groups excluding carboxylic acids is 1. The zero-order valence-corrected chi connectivity index (χ0v) is 10.7. The molecule has 0 N–H and O–H groups in total. The number of aromatic nitrogens is 3. The van der Waals surface area contributed by atoms with Gasteiger partial charge in [-0.15, -0.1) is 9.83 Å². The average Bonchev–Trinajstić information content (AvgIpc) is 2.78. The van der Waals surface area contributed by atoms with Crippen molar-refractivity contribution in [2.24, 2.45) is 0 Å². The van der Waals surface area contributed by atoms with E-state index in [-0.39, 0.29) is 10.4 Å². The molecule has 0 fully saturated rings. The second kappa shape index (κ2) is 5.44.